The van der Waals surface area contributed by atoms with Crippen molar-refractivity contribution in [2.45, 2.75) is 52.8 Å². The number of guanidine groups is 1. The van der Waals surface area contributed by atoms with E-state index in [4.69, 9.17) is 4.74 Å². The summed E-state index contributed by atoms with van der Waals surface area (Å²) in [7, 11) is 0. The van der Waals surface area contributed by atoms with Crippen LogP contribution in [0.25, 0.3) is 0 Å². The molecular weight excluding hydrogens is 533 g/mol. The third-order valence-corrected chi connectivity index (χ3v) is 3.99. The minimum absolute atomic E-state index is 0. The van der Waals surface area contributed by atoms with Gasteiger partial charge in [0.1, 0.15) is 18.0 Å². The second kappa shape index (κ2) is 13.2. The molecule has 178 valence electrons. The van der Waals surface area contributed by atoms with E-state index in [-0.39, 0.29) is 36.3 Å². The van der Waals surface area contributed by atoms with Crippen LogP contribution in [0.1, 0.15) is 45.6 Å². The van der Waals surface area contributed by atoms with Crippen molar-refractivity contribution in [1.82, 2.24) is 20.2 Å². The van der Waals surface area contributed by atoms with Gasteiger partial charge in [0.2, 0.25) is 0 Å². The van der Waals surface area contributed by atoms with Crippen molar-refractivity contribution in [2.24, 2.45) is 4.99 Å². The van der Waals surface area contributed by atoms with E-state index in [9.17, 15) is 13.6 Å². The molecule has 0 saturated heterocycles. The summed E-state index contributed by atoms with van der Waals surface area (Å²) in [4.78, 5) is 20.1. The summed E-state index contributed by atoms with van der Waals surface area (Å²) in [6.07, 6.45) is 2.78. The summed E-state index contributed by atoms with van der Waals surface area (Å²) in [5.74, 6) is 0.717. The third-order valence-electron chi connectivity index (χ3n) is 3.99. The average Bonchev–Trinajstić information content (AvgIpc) is 3.15. The molecule has 0 bridgehead atoms. The Bertz CT molecular complexity index is 866. The maximum absolute atomic E-state index is 12.9. The first-order valence-electron chi connectivity index (χ1n) is 10.1. The Balaban J connectivity index is 0.00000512. The molecule has 32 heavy (non-hydrogen) atoms. The van der Waals surface area contributed by atoms with E-state index in [1.165, 1.54) is 12.4 Å². The highest BCUT2D eigenvalue weighted by Crippen LogP contribution is 2.14. The number of halogens is 3. The van der Waals surface area contributed by atoms with Gasteiger partial charge in [-0.05, 0) is 51.8 Å². The van der Waals surface area contributed by atoms with E-state index in [0.29, 0.717) is 31.2 Å². The van der Waals surface area contributed by atoms with E-state index < -0.39 is 18.2 Å². The lowest BCUT2D eigenvalue weighted by Gasteiger charge is -2.19. The molecule has 11 heteroatoms. The first kappa shape index (κ1) is 27.6. The standard InChI is InChI=1S/C21H30F2N6O2.HI/c1-5-24-19(27-14-17-25-12-13-29(17)18(22)23)26-11-10-15-6-8-16(9-7-15)28-20(30)31-21(2,3)4;/h6-9,12-13,18H,5,10-11,14H2,1-4H3,(H,28,30)(H2,24,26,27);1H. The summed E-state index contributed by atoms with van der Waals surface area (Å²) in [6, 6.07) is 7.45. The summed E-state index contributed by atoms with van der Waals surface area (Å²) >= 11 is 0. The number of nitrogens with one attached hydrogen (secondary N) is 3. The van der Waals surface area contributed by atoms with Crippen molar-refractivity contribution < 1.29 is 18.3 Å². The van der Waals surface area contributed by atoms with Crippen LogP contribution in [0.5, 0.6) is 0 Å². The Morgan fingerprint density at radius 3 is 2.50 bits per heavy atom. The lowest BCUT2D eigenvalue weighted by Crippen LogP contribution is -2.38. The van der Waals surface area contributed by atoms with Crippen molar-refractivity contribution >= 4 is 41.7 Å². The molecule has 0 fully saturated rings. The average molecular weight is 564 g/mol. The molecule has 3 N–H and O–H groups in total. The molecule has 0 aliphatic rings. The van der Waals surface area contributed by atoms with Gasteiger partial charge in [0, 0.05) is 31.2 Å². The maximum Gasteiger partial charge on any atom is 0.412 e. The number of nitrogens with zero attached hydrogens (tertiary/aromatic N) is 3. The zero-order chi connectivity index (χ0) is 22.9. The Labute approximate surface area is 204 Å². The van der Waals surface area contributed by atoms with Crippen LogP contribution in [0.3, 0.4) is 0 Å². The van der Waals surface area contributed by atoms with E-state index in [0.717, 1.165) is 10.1 Å². The fraction of sp³-hybridized carbons (Fsp3) is 0.476. The van der Waals surface area contributed by atoms with Crippen molar-refractivity contribution in [1.29, 1.82) is 0 Å². The SMILES string of the molecule is CCNC(=NCc1nccn1C(F)F)NCCc1ccc(NC(=O)OC(C)(C)C)cc1.I. The first-order valence-corrected chi connectivity index (χ1v) is 10.1. The van der Waals surface area contributed by atoms with Gasteiger partial charge in [0.15, 0.2) is 5.96 Å². The highest BCUT2D eigenvalue weighted by molar-refractivity contribution is 14.0. The molecule has 2 rings (SSSR count). The number of anilines is 1. The fourth-order valence-electron chi connectivity index (χ4n) is 2.64. The Hall–Kier alpha value is -2.44. The molecule has 0 atom stereocenters. The van der Waals surface area contributed by atoms with Gasteiger partial charge in [0.25, 0.3) is 0 Å². The molecule has 0 saturated carbocycles. The zero-order valence-corrected chi connectivity index (χ0v) is 21.0. The summed E-state index contributed by atoms with van der Waals surface area (Å²) < 4.78 is 31.8. The second-order valence-corrected chi connectivity index (χ2v) is 7.72. The maximum atomic E-state index is 12.9. The number of aliphatic imine (C=N–C) groups is 1. The lowest BCUT2D eigenvalue weighted by molar-refractivity contribution is 0.0634. The van der Waals surface area contributed by atoms with E-state index in [2.05, 4.69) is 25.9 Å². The van der Waals surface area contributed by atoms with Crippen LogP contribution in [0.15, 0.2) is 41.7 Å². The summed E-state index contributed by atoms with van der Waals surface area (Å²) in [5.41, 5.74) is 1.15. The minimum Gasteiger partial charge on any atom is -0.444 e. The number of ether oxygens (including phenoxy) is 1. The van der Waals surface area contributed by atoms with Gasteiger partial charge in [-0.2, -0.15) is 8.78 Å². The van der Waals surface area contributed by atoms with Gasteiger partial charge in [-0.1, -0.05) is 12.1 Å². The smallest absolute Gasteiger partial charge is 0.412 e. The number of imidazole rings is 1. The van der Waals surface area contributed by atoms with Crippen LogP contribution in [0.2, 0.25) is 0 Å². The van der Waals surface area contributed by atoms with E-state index in [1.54, 1.807) is 20.8 Å². The van der Waals surface area contributed by atoms with E-state index >= 15 is 0 Å². The number of alkyl halides is 2. The Morgan fingerprint density at radius 2 is 1.91 bits per heavy atom. The van der Waals surface area contributed by atoms with Crippen LogP contribution < -0.4 is 16.0 Å². The van der Waals surface area contributed by atoms with Gasteiger partial charge >= 0.3 is 12.6 Å². The molecule has 1 aromatic carbocycles. The molecule has 0 aliphatic heterocycles. The molecule has 0 aliphatic carbocycles. The number of carbonyl (C=O) groups excluding carboxylic acids is 1. The second-order valence-electron chi connectivity index (χ2n) is 7.72. The fourth-order valence-corrected chi connectivity index (χ4v) is 2.64. The van der Waals surface area contributed by atoms with Gasteiger partial charge in [0.05, 0.1) is 0 Å². The topological polar surface area (TPSA) is 92.6 Å². The quantitative estimate of drug-likeness (QED) is 0.249. The molecule has 1 amide bonds. The third kappa shape index (κ3) is 9.79. The van der Waals surface area contributed by atoms with Gasteiger partial charge < -0.3 is 15.4 Å². The lowest BCUT2D eigenvalue weighted by atomic mass is 10.1. The normalized spacial score (nSPS) is 11.7. The molecule has 2 aromatic rings. The van der Waals surface area contributed by atoms with Crippen LogP contribution in [0, 0.1) is 0 Å². The monoisotopic (exact) mass is 564 g/mol. The summed E-state index contributed by atoms with van der Waals surface area (Å²) in [5, 5.41) is 8.95. The summed E-state index contributed by atoms with van der Waals surface area (Å²) in [6.45, 7) is 5.97. The Morgan fingerprint density at radius 1 is 1.22 bits per heavy atom. The number of hydrogen-bond donors (Lipinski definition) is 3. The van der Waals surface area contributed by atoms with Crippen molar-refractivity contribution in [3.05, 3.63) is 48.0 Å². The number of benzene rings is 1. The van der Waals surface area contributed by atoms with Crippen LogP contribution in [-0.4, -0.2) is 40.3 Å². The minimum atomic E-state index is -2.64. The van der Waals surface area contributed by atoms with Gasteiger partial charge in [-0.15, -0.1) is 24.0 Å². The highest BCUT2D eigenvalue weighted by Gasteiger charge is 2.16. The number of aromatic nitrogens is 2. The molecular formula is C21H31F2IN6O2. The van der Waals surface area contributed by atoms with E-state index in [1.807, 2.05) is 31.2 Å². The van der Waals surface area contributed by atoms with Crippen molar-refractivity contribution in [2.75, 3.05) is 18.4 Å². The molecule has 0 spiro atoms. The number of rotatable bonds is 8. The van der Waals surface area contributed by atoms with Crippen LogP contribution in [-0.2, 0) is 17.7 Å². The van der Waals surface area contributed by atoms with Gasteiger partial charge in [-0.25, -0.2) is 14.8 Å². The highest BCUT2D eigenvalue weighted by atomic mass is 127. The molecule has 1 heterocycles. The predicted molar refractivity (Wildman–Crippen MR) is 132 cm³/mol. The molecule has 0 unspecified atom stereocenters. The first-order chi connectivity index (χ1) is 14.7. The predicted octanol–water partition coefficient (Wildman–Crippen LogP) is 4.54. The van der Waals surface area contributed by atoms with Crippen LogP contribution in [0.4, 0.5) is 19.3 Å². The number of carbonyl (C=O) groups is 1. The largest absolute Gasteiger partial charge is 0.444 e. The Kier molecular flexibility index (Phi) is 11.4. The van der Waals surface area contributed by atoms with Crippen molar-refractivity contribution in [3.8, 4) is 0 Å². The zero-order valence-electron chi connectivity index (χ0n) is 18.7. The molecule has 8 nitrogen and oxygen atoms in total. The van der Waals surface area contributed by atoms with Gasteiger partial charge in [-0.3, -0.25) is 9.88 Å². The molecule has 1 aromatic heterocycles. The van der Waals surface area contributed by atoms with Crippen LogP contribution >= 0.6 is 24.0 Å². The number of hydrogen-bond acceptors (Lipinski definition) is 4. The van der Waals surface area contributed by atoms with Crippen molar-refractivity contribution in [3.63, 3.8) is 0 Å². The molecule has 0 radical (unpaired) electrons. The number of amides is 1.